The van der Waals surface area contributed by atoms with E-state index in [1.54, 1.807) is 25.2 Å². The summed E-state index contributed by atoms with van der Waals surface area (Å²) in [6.07, 6.45) is 3.38. The van der Waals surface area contributed by atoms with Gasteiger partial charge in [0.2, 0.25) is 5.95 Å². The molecule has 3 rings (SSSR count). The second-order valence-corrected chi connectivity index (χ2v) is 7.56. The maximum Gasteiger partial charge on any atom is 0.253 e. The molecule has 1 aromatic carbocycles. The van der Waals surface area contributed by atoms with Crippen LogP contribution < -0.4 is 10.1 Å². The molecule has 0 aliphatic heterocycles. The van der Waals surface area contributed by atoms with Gasteiger partial charge in [-0.05, 0) is 38.1 Å². The molecule has 0 aliphatic carbocycles. The van der Waals surface area contributed by atoms with E-state index >= 15 is 0 Å². The molecule has 9 nitrogen and oxygen atoms in total. The topological polar surface area (TPSA) is 105 Å². The van der Waals surface area contributed by atoms with E-state index in [-0.39, 0.29) is 25.1 Å². The molecule has 0 spiro atoms. The quantitative estimate of drug-likeness (QED) is 0.548. The number of anilines is 2. The molecule has 0 saturated heterocycles. The van der Waals surface area contributed by atoms with Crippen molar-refractivity contribution in [1.82, 2.24) is 24.6 Å². The van der Waals surface area contributed by atoms with E-state index in [0.717, 1.165) is 0 Å². The zero-order valence-electron chi connectivity index (χ0n) is 17.8. The minimum atomic E-state index is -0.218. The minimum absolute atomic E-state index is 0.106. The van der Waals surface area contributed by atoms with Crippen molar-refractivity contribution in [2.75, 3.05) is 32.6 Å². The van der Waals surface area contributed by atoms with Crippen LogP contribution in [0.5, 0.6) is 5.75 Å². The summed E-state index contributed by atoms with van der Waals surface area (Å²) in [7, 11) is 3.14. The summed E-state index contributed by atoms with van der Waals surface area (Å²) < 4.78 is 7.26. The van der Waals surface area contributed by atoms with Crippen LogP contribution in [0.15, 0.2) is 36.7 Å². The second-order valence-electron chi connectivity index (χ2n) is 7.16. The Labute approximate surface area is 185 Å². The van der Waals surface area contributed by atoms with Gasteiger partial charge in [0.15, 0.2) is 0 Å². The largest absolute Gasteiger partial charge is 0.495 e. The van der Waals surface area contributed by atoms with Crippen molar-refractivity contribution in [3.8, 4) is 17.1 Å². The van der Waals surface area contributed by atoms with Gasteiger partial charge in [0.25, 0.3) is 5.91 Å². The number of ether oxygens (including phenoxy) is 1. The third kappa shape index (κ3) is 5.12. The highest BCUT2D eigenvalue weighted by Crippen LogP contribution is 2.30. The van der Waals surface area contributed by atoms with Gasteiger partial charge in [-0.2, -0.15) is 5.10 Å². The van der Waals surface area contributed by atoms with Gasteiger partial charge in [-0.3, -0.25) is 9.48 Å². The lowest BCUT2D eigenvalue weighted by Crippen LogP contribution is -2.29. The van der Waals surface area contributed by atoms with E-state index in [9.17, 15) is 4.79 Å². The van der Waals surface area contributed by atoms with Crippen LogP contribution >= 0.6 is 11.6 Å². The average molecular weight is 445 g/mol. The lowest BCUT2D eigenvalue weighted by molar-refractivity contribution is 0.0766. The Morgan fingerprint density at radius 1 is 1.35 bits per heavy atom. The number of halogens is 1. The molecule has 3 aromatic rings. The molecule has 0 atom stereocenters. The van der Waals surface area contributed by atoms with Crippen LogP contribution in [0.25, 0.3) is 11.4 Å². The molecule has 0 aliphatic rings. The number of hydrogen-bond acceptors (Lipinski definition) is 7. The van der Waals surface area contributed by atoms with Crippen LogP contribution in [-0.4, -0.2) is 63.0 Å². The predicted octanol–water partition coefficient (Wildman–Crippen LogP) is 3.39. The third-order valence-corrected chi connectivity index (χ3v) is 4.88. The molecule has 0 saturated carbocycles. The van der Waals surface area contributed by atoms with Gasteiger partial charge in [0.05, 0.1) is 30.6 Å². The van der Waals surface area contributed by atoms with Gasteiger partial charge in [-0.25, -0.2) is 9.97 Å². The Kier molecular flexibility index (Phi) is 7.09. The molecule has 164 valence electrons. The zero-order chi connectivity index (χ0) is 22.5. The van der Waals surface area contributed by atoms with Gasteiger partial charge in [0, 0.05) is 31.4 Å². The van der Waals surface area contributed by atoms with Crippen LogP contribution in [0.1, 0.15) is 30.2 Å². The highest BCUT2D eigenvalue weighted by atomic mass is 35.5. The van der Waals surface area contributed by atoms with E-state index < -0.39 is 0 Å². The summed E-state index contributed by atoms with van der Waals surface area (Å²) >= 11 is 6.31. The normalized spacial score (nSPS) is 10.9. The number of rotatable bonds is 8. The van der Waals surface area contributed by atoms with E-state index in [1.165, 1.54) is 18.2 Å². The maximum absolute atomic E-state index is 12.5. The highest BCUT2D eigenvalue weighted by Gasteiger charge is 2.16. The molecule has 31 heavy (non-hydrogen) atoms. The number of amides is 1. The Morgan fingerprint density at radius 3 is 2.77 bits per heavy atom. The summed E-state index contributed by atoms with van der Waals surface area (Å²) in [6.45, 7) is 4.21. The average Bonchev–Trinajstić information content (AvgIpc) is 3.25. The Bertz CT molecular complexity index is 1070. The summed E-state index contributed by atoms with van der Waals surface area (Å²) in [5.41, 5.74) is 2.18. The molecule has 2 N–H and O–H groups in total. The lowest BCUT2D eigenvalue weighted by Gasteiger charge is -2.17. The monoisotopic (exact) mass is 444 g/mol. The number of nitrogens with one attached hydrogen (secondary N) is 1. The van der Waals surface area contributed by atoms with Crippen LogP contribution in [0, 0.1) is 0 Å². The molecular weight excluding hydrogens is 420 g/mol. The first-order chi connectivity index (χ1) is 14.8. The van der Waals surface area contributed by atoms with Crippen molar-refractivity contribution < 1.29 is 14.6 Å². The fourth-order valence-corrected chi connectivity index (χ4v) is 3.07. The van der Waals surface area contributed by atoms with Gasteiger partial charge in [0.1, 0.15) is 17.1 Å². The molecule has 1 amide bonds. The summed E-state index contributed by atoms with van der Waals surface area (Å²) in [5.74, 6) is 0.547. The second kappa shape index (κ2) is 9.76. The zero-order valence-corrected chi connectivity index (χ0v) is 18.6. The molecule has 0 bridgehead atoms. The molecule has 0 unspecified atom stereocenters. The fraction of sp³-hybridized carbons (Fsp3) is 0.333. The number of carbonyl (C=O) groups is 1. The number of aliphatic hydroxyl groups is 1. The van der Waals surface area contributed by atoms with Crippen molar-refractivity contribution in [3.63, 3.8) is 0 Å². The standard InChI is InChI=1S/C21H25ClN6O3/c1-13(2)28-8-7-17(26-28)19-15(22)12-23-21(25-19)24-16-6-5-14(11-18(16)31-4)20(30)27(3)9-10-29/h5-8,11-13,29H,9-10H2,1-4H3,(H,23,24,25). The van der Waals surface area contributed by atoms with E-state index in [0.29, 0.717) is 39.4 Å². The van der Waals surface area contributed by atoms with Crippen LogP contribution in [0.2, 0.25) is 5.02 Å². The first kappa shape index (κ1) is 22.5. The molecule has 2 heterocycles. The van der Waals surface area contributed by atoms with Crippen molar-refractivity contribution in [2.24, 2.45) is 0 Å². The van der Waals surface area contributed by atoms with Crippen molar-refractivity contribution in [1.29, 1.82) is 0 Å². The number of benzene rings is 1. The summed E-state index contributed by atoms with van der Waals surface area (Å²) in [6, 6.07) is 7.07. The first-order valence-electron chi connectivity index (χ1n) is 9.73. The maximum atomic E-state index is 12.5. The minimum Gasteiger partial charge on any atom is -0.495 e. The fourth-order valence-electron chi connectivity index (χ4n) is 2.88. The number of aromatic nitrogens is 4. The van der Waals surface area contributed by atoms with Crippen LogP contribution in [0.4, 0.5) is 11.6 Å². The molecule has 0 fully saturated rings. The van der Waals surface area contributed by atoms with E-state index in [1.807, 2.05) is 30.8 Å². The van der Waals surface area contributed by atoms with Crippen molar-refractivity contribution in [3.05, 3.63) is 47.2 Å². The van der Waals surface area contributed by atoms with Crippen molar-refractivity contribution in [2.45, 2.75) is 19.9 Å². The Morgan fingerprint density at radius 2 is 2.13 bits per heavy atom. The number of hydrogen-bond donors (Lipinski definition) is 2. The van der Waals surface area contributed by atoms with Gasteiger partial charge in [-0.15, -0.1) is 0 Å². The summed E-state index contributed by atoms with van der Waals surface area (Å²) in [4.78, 5) is 22.6. The van der Waals surface area contributed by atoms with E-state index in [2.05, 4.69) is 20.4 Å². The van der Waals surface area contributed by atoms with Crippen molar-refractivity contribution >= 4 is 29.1 Å². The smallest absolute Gasteiger partial charge is 0.253 e. The first-order valence-corrected chi connectivity index (χ1v) is 10.1. The number of aliphatic hydroxyl groups excluding tert-OH is 1. The highest BCUT2D eigenvalue weighted by molar-refractivity contribution is 6.32. The summed E-state index contributed by atoms with van der Waals surface area (Å²) in [5, 5.41) is 17.0. The number of methoxy groups -OCH3 is 1. The molecule has 0 radical (unpaired) electrons. The molecule has 2 aromatic heterocycles. The SMILES string of the molecule is COc1cc(C(=O)N(C)CCO)ccc1Nc1ncc(Cl)c(-c2ccn(C(C)C)n2)n1. The number of carbonyl (C=O) groups excluding carboxylic acids is 1. The Balaban J connectivity index is 1.87. The van der Waals surface area contributed by atoms with E-state index in [4.69, 9.17) is 21.4 Å². The number of nitrogens with zero attached hydrogens (tertiary/aromatic N) is 5. The molecule has 10 heteroatoms. The molecular formula is C21H25ClN6O3. The third-order valence-electron chi connectivity index (χ3n) is 4.60. The predicted molar refractivity (Wildman–Crippen MR) is 119 cm³/mol. The number of likely N-dealkylation sites (N-methyl/N-ethyl adjacent to an activating group) is 1. The van der Waals surface area contributed by atoms with Gasteiger partial charge in [-0.1, -0.05) is 11.6 Å². The van der Waals surface area contributed by atoms with Gasteiger partial charge < -0.3 is 20.1 Å². The Hall–Kier alpha value is -3.17. The van der Waals surface area contributed by atoms with Gasteiger partial charge >= 0.3 is 0 Å². The van der Waals surface area contributed by atoms with Crippen LogP contribution in [0.3, 0.4) is 0 Å². The lowest BCUT2D eigenvalue weighted by atomic mass is 10.1. The van der Waals surface area contributed by atoms with Crippen LogP contribution in [-0.2, 0) is 0 Å².